The van der Waals surface area contributed by atoms with Gasteiger partial charge < -0.3 is 15.2 Å². The lowest BCUT2D eigenvalue weighted by molar-refractivity contribution is -0.0383. The van der Waals surface area contributed by atoms with Gasteiger partial charge in [0.2, 0.25) is 0 Å². The van der Waals surface area contributed by atoms with Gasteiger partial charge in [0.1, 0.15) is 12.4 Å². The maximum Gasteiger partial charge on any atom is 0.163 e. The monoisotopic (exact) mass is 279 g/mol. The van der Waals surface area contributed by atoms with E-state index in [0.29, 0.717) is 37.1 Å². The van der Waals surface area contributed by atoms with Crippen LogP contribution in [0.25, 0.3) is 11.0 Å². The standard InChI is InChI=1S/C13H21N5O2/c1-13(2,3)20-6-5-19-8-10-16-11(14)9-7-15-18(4)12(9)17-10/h7H,5-6,8H2,1-4H3,(H2,14,16,17). The summed E-state index contributed by atoms with van der Waals surface area (Å²) in [6.07, 6.45) is 1.66. The molecule has 0 radical (unpaired) electrons. The SMILES string of the molecule is Cn1ncc2c(N)nc(COCCOC(C)(C)C)nc21. The predicted octanol–water partition coefficient (Wildman–Crippen LogP) is 1.28. The van der Waals surface area contributed by atoms with Crippen LogP contribution < -0.4 is 5.73 Å². The Morgan fingerprint density at radius 1 is 1.25 bits per heavy atom. The van der Waals surface area contributed by atoms with Crippen molar-refractivity contribution in [3.8, 4) is 0 Å². The second-order valence-electron chi connectivity index (χ2n) is 5.54. The molecular weight excluding hydrogens is 258 g/mol. The first-order chi connectivity index (χ1) is 9.37. The number of nitrogens with zero attached hydrogens (tertiary/aromatic N) is 4. The van der Waals surface area contributed by atoms with Crippen LogP contribution in [0.3, 0.4) is 0 Å². The van der Waals surface area contributed by atoms with E-state index in [2.05, 4.69) is 15.1 Å². The number of rotatable bonds is 5. The first kappa shape index (κ1) is 14.7. The summed E-state index contributed by atoms with van der Waals surface area (Å²) in [6, 6.07) is 0. The molecule has 110 valence electrons. The minimum absolute atomic E-state index is 0.155. The van der Waals surface area contributed by atoms with Crippen LogP contribution >= 0.6 is 0 Å². The molecule has 0 saturated heterocycles. The van der Waals surface area contributed by atoms with Crippen LogP contribution in [0.15, 0.2) is 6.20 Å². The van der Waals surface area contributed by atoms with Gasteiger partial charge in [0.15, 0.2) is 11.5 Å². The fraction of sp³-hybridized carbons (Fsp3) is 0.615. The van der Waals surface area contributed by atoms with Crippen LogP contribution in [0, 0.1) is 0 Å². The molecule has 2 aromatic heterocycles. The molecule has 20 heavy (non-hydrogen) atoms. The molecule has 2 N–H and O–H groups in total. The summed E-state index contributed by atoms with van der Waals surface area (Å²) in [7, 11) is 1.82. The highest BCUT2D eigenvalue weighted by atomic mass is 16.5. The number of nitrogens with two attached hydrogens (primary N) is 1. The largest absolute Gasteiger partial charge is 0.383 e. The van der Waals surface area contributed by atoms with Gasteiger partial charge >= 0.3 is 0 Å². The van der Waals surface area contributed by atoms with Crippen LogP contribution in [0.5, 0.6) is 0 Å². The molecule has 0 fully saturated rings. The Hall–Kier alpha value is -1.73. The van der Waals surface area contributed by atoms with E-state index < -0.39 is 0 Å². The number of ether oxygens (including phenoxy) is 2. The summed E-state index contributed by atoms with van der Waals surface area (Å²) in [5.74, 6) is 0.974. The number of hydrogen-bond donors (Lipinski definition) is 1. The summed E-state index contributed by atoms with van der Waals surface area (Å²) in [6.45, 7) is 7.35. The first-order valence-electron chi connectivity index (χ1n) is 6.52. The molecule has 2 aromatic rings. The number of fused-ring (bicyclic) bond motifs is 1. The second kappa shape index (κ2) is 5.72. The van der Waals surface area contributed by atoms with E-state index in [9.17, 15) is 0 Å². The van der Waals surface area contributed by atoms with E-state index in [1.54, 1.807) is 10.9 Å². The zero-order valence-corrected chi connectivity index (χ0v) is 12.4. The third-order valence-corrected chi connectivity index (χ3v) is 2.66. The molecule has 7 nitrogen and oxygen atoms in total. The molecule has 2 rings (SSSR count). The summed E-state index contributed by atoms with van der Waals surface area (Å²) in [5, 5.41) is 4.86. The lowest BCUT2D eigenvalue weighted by Gasteiger charge is -2.19. The molecule has 0 aliphatic heterocycles. The maximum atomic E-state index is 5.87. The van der Waals surface area contributed by atoms with E-state index in [4.69, 9.17) is 15.2 Å². The summed E-state index contributed by atoms with van der Waals surface area (Å²) >= 11 is 0. The van der Waals surface area contributed by atoms with Gasteiger partial charge in [-0.3, -0.25) is 4.68 Å². The fourth-order valence-electron chi connectivity index (χ4n) is 1.73. The zero-order valence-electron chi connectivity index (χ0n) is 12.4. The van der Waals surface area contributed by atoms with Gasteiger partial charge in [-0.1, -0.05) is 0 Å². The van der Waals surface area contributed by atoms with Crippen LogP contribution in [-0.2, 0) is 23.1 Å². The van der Waals surface area contributed by atoms with Gasteiger partial charge in [0.25, 0.3) is 0 Å². The van der Waals surface area contributed by atoms with Crippen molar-refractivity contribution < 1.29 is 9.47 Å². The summed E-state index contributed by atoms with van der Waals surface area (Å²) < 4.78 is 12.7. The van der Waals surface area contributed by atoms with Gasteiger partial charge in [0, 0.05) is 7.05 Å². The van der Waals surface area contributed by atoms with Crippen molar-refractivity contribution in [2.45, 2.75) is 33.0 Å². The fourth-order valence-corrected chi connectivity index (χ4v) is 1.73. The molecule has 0 aliphatic rings. The minimum Gasteiger partial charge on any atom is -0.383 e. The molecule has 7 heteroatoms. The number of hydrogen-bond acceptors (Lipinski definition) is 6. The molecule has 0 saturated carbocycles. The molecule has 0 unspecified atom stereocenters. The number of aromatic nitrogens is 4. The van der Waals surface area contributed by atoms with Crippen molar-refractivity contribution in [3.63, 3.8) is 0 Å². The maximum absolute atomic E-state index is 5.87. The minimum atomic E-state index is -0.155. The Morgan fingerprint density at radius 2 is 2.00 bits per heavy atom. The Labute approximate surface area is 118 Å². The smallest absolute Gasteiger partial charge is 0.163 e. The Morgan fingerprint density at radius 3 is 2.70 bits per heavy atom. The average molecular weight is 279 g/mol. The van der Waals surface area contributed by atoms with Gasteiger partial charge in [-0.2, -0.15) is 5.10 Å². The highest BCUT2D eigenvalue weighted by Crippen LogP contribution is 2.16. The molecule has 0 amide bonds. The van der Waals surface area contributed by atoms with Crippen molar-refractivity contribution >= 4 is 16.9 Å². The van der Waals surface area contributed by atoms with Gasteiger partial charge in [-0.25, -0.2) is 9.97 Å². The van der Waals surface area contributed by atoms with Gasteiger partial charge in [0.05, 0.1) is 30.4 Å². The highest BCUT2D eigenvalue weighted by Gasteiger charge is 2.11. The normalized spacial score (nSPS) is 12.2. The Bertz CT molecular complexity index is 588. The van der Waals surface area contributed by atoms with E-state index in [0.717, 1.165) is 5.39 Å². The van der Waals surface area contributed by atoms with E-state index >= 15 is 0 Å². The molecular formula is C13H21N5O2. The van der Waals surface area contributed by atoms with Crippen molar-refractivity contribution in [1.29, 1.82) is 0 Å². The van der Waals surface area contributed by atoms with E-state index in [1.165, 1.54) is 0 Å². The van der Waals surface area contributed by atoms with Crippen molar-refractivity contribution in [1.82, 2.24) is 19.7 Å². The van der Waals surface area contributed by atoms with Crippen LogP contribution in [0.4, 0.5) is 5.82 Å². The van der Waals surface area contributed by atoms with Gasteiger partial charge in [-0.15, -0.1) is 0 Å². The number of anilines is 1. The molecule has 0 aromatic carbocycles. The first-order valence-corrected chi connectivity index (χ1v) is 6.52. The molecule has 0 atom stereocenters. The topological polar surface area (TPSA) is 88.1 Å². The van der Waals surface area contributed by atoms with Crippen molar-refractivity contribution in [2.24, 2.45) is 7.05 Å². The molecule has 0 bridgehead atoms. The molecule has 2 heterocycles. The van der Waals surface area contributed by atoms with Crippen LogP contribution in [0.1, 0.15) is 26.6 Å². The van der Waals surface area contributed by atoms with Crippen LogP contribution in [-0.4, -0.2) is 38.6 Å². The molecule has 0 aliphatic carbocycles. The predicted molar refractivity (Wildman–Crippen MR) is 76.1 cm³/mol. The average Bonchev–Trinajstić information content (AvgIpc) is 2.70. The quantitative estimate of drug-likeness (QED) is 0.829. The summed E-state index contributed by atoms with van der Waals surface area (Å²) in [5.41, 5.74) is 6.43. The zero-order chi connectivity index (χ0) is 14.8. The third kappa shape index (κ3) is 3.64. The highest BCUT2D eigenvalue weighted by molar-refractivity contribution is 5.84. The van der Waals surface area contributed by atoms with Crippen molar-refractivity contribution in [2.75, 3.05) is 18.9 Å². The number of aryl methyl sites for hydroxylation is 1. The Balaban J connectivity index is 1.92. The van der Waals surface area contributed by atoms with Crippen LogP contribution in [0.2, 0.25) is 0 Å². The third-order valence-electron chi connectivity index (χ3n) is 2.66. The number of nitrogen functional groups attached to an aromatic ring is 1. The van der Waals surface area contributed by atoms with E-state index in [-0.39, 0.29) is 5.60 Å². The lowest BCUT2D eigenvalue weighted by atomic mass is 10.2. The molecule has 0 spiro atoms. The second-order valence-corrected chi connectivity index (χ2v) is 5.54. The van der Waals surface area contributed by atoms with Gasteiger partial charge in [-0.05, 0) is 20.8 Å². The summed E-state index contributed by atoms with van der Waals surface area (Å²) in [4.78, 5) is 8.59. The Kier molecular flexibility index (Phi) is 4.20. The van der Waals surface area contributed by atoms with E-state index in [1.807, 2.05) is 27.8 Å². The lowest BCUT2D eigenvalue weighted by Crippen LogP contribution is -2.21. The van der Waals surface area contributed by atoms with Crippen molar-refractivity contribution in [3.05, 3.63) is 12.0 Å².